The number of hydrogen-bond donors (Lipinski definition) is 0. The van der Waals surface area contributed by atoms with Gasteiger partial charge in [-0.25, -0.2) is 9.97 Å². The van der Waals surface area contributed by atoms with E-state index in [1.54, 1.807) is 7.11 Å². The molecule has 27 heavy (non-hydrogen) atoms. The van der Waals surface area contributed by atoms with Gasteiger partial charge in [0, 0.05) is 50.9 Å². The van der Waals surface area contributed by atoms with Crippen LogP contribution in [0.15, 0.2) is 24.8 Å². The molecule has 1 saturated heterocycles. The molecule has 0 saturated carbocycles. The first kappa shape index (κ1) is 17.9. The number of imidazole rings is 1. The van der Waals surface area contributed by atoms with Crippen molar-refractivity contribution >= 4 is 11.5 Å². The van der Waals surface area contributed by atoms with Crippen molar-refractivity contribution in [1.29, 1.82) is 0 Å². The zero-order valence-electron chi connectivity index (χ0n) is 16.1. The number of hydrogen-bond acceptors (Lipinski definition) is 6. The summed E-state index contributed by atoms with van der Waals surface area (Å²) in [4.78, 5) is 11.7. The number of methoxy groups -OCH3 is 1. The summed E-state index contributed by atoms with van der Waals surface area (Å²) >= 11 is 0. The van der Waals surface area contributed by atoms with E-state index in [9.17, 15) is 0 Å². The molecule has 1 aliphatic rings. The van der Waals surface area contributed by atoms with E-state index in [1.165, 1.54) is 0 Å². The Hall–Kier alpha value is -2.45. The van der Waals surface area contributed by atoms with Crippen LogP contribution in [0.1, 0.15) is 19.0 Å². The van der Waals surface area contributed by atoms with Crippen LogP contribution < -0.4 is 4.90 Å². The maximum Gasteiger partial charge on any atom is 0.181 e. The zero-order chi connectivity index (χ0) is 18.8. The first-order valence-electron chi connectivity index (χ1n) is 9.39. The minimum absolute atomic E-state index is 0.220. The highest BCUT2D eigenvalue weighted by atomic mass is 16.5. The lowest BCUT2D eigenvalue weighted by atomic mass is 10.2. The summed E-state index contributed by atoms with van der Waals surface area (Å²) in [5.41, 5.74) is 3.98. The van der Waals surface area contributed by atoms with Crippen LogP contribution in [-0.4, -0.2) is 63.7 Å². The molecule has 3 aromatic rings. The van der Waals surface area contributed by atoms with Crippen molar-refractivity contribution in [1.82, 2.24) is 24.1 Å². The van der Waals surface area contributed by atoms with Gasteiger partial charge in [-0.05, 0) is 20.3 Å². The number of rotatable bonds is 6. The first-order chi connectivity index (χ1) is 13.2. The maximum absolute atomic E-state index is 5.47. The SMILES string of the molecule is COC(C)CCn1cc(-c2c(C)nc3c(N4CCOCC4)nccn23)cn1. The molecule has 0 aromatic carbocycles. The number of ether oxygens (including phenoxy) is 2. The van der Waals surface area contributed by atoms with E-state index in [-0.39, 0.29) is 6.10 Å². The van der Waals surface area contributed by atoms with Gasteiger partial charge in [-0.2, -0.15) is 5.10 Å². The van der Waals surface area contributed by atoms with Crippen molar-refractivity contribution in [3.63, 3.8) is 0 Å². The second-order valence-electron chi connectivity index (χ2n) is 6.92. The van der Waals surface area contributed by atoms with Gasteiger partial charge in [0.15, 0.2) is 11.5 Å². The zero-order valence-corrected chi connectivity index (χ0v) is 16.1. The van der Waals surface area contributed by atoms with Crippen molar-refractivity contribution < 1.29 is 9.47 Å². The molecule has 8 heteroatoms. The molecule has 0 N–H and O–H groups in total. The smallest absolute Gasteiger partial charge is 0.181 e. The van der Waals surface area contributed by atoms with Crippen molar-refractivity contribution in [2.75, 3.05) is 38.3 Å². The third-order valence-electron chi connectivity index (χ3n) is 5.08. The highest BCUT2D eigenvalue weighted by molar-refractivity contribution is 5.73. The van der Waals surface area contributed by atoms with Crippen LogP contribution in [0.3, 0.4) is 0 Å². The van der Waals surface area contributed by atoms with Crippen molar-refractivity contribution in [2.24, 2.45) is 0 Å². The van der Waals surface area contributed by atoms with Crippen LogP contribution in [0, 0.1) is 6.92 Å². The van der Waals surface area contributed by atoms with Gasteiger partial charge >= 0.3 is 0 Å². The fourth-order valence-electron chi connectivity index (χ4n) is 3.46. The molecule has 1 unspecified atom stereocenters. The molecular weight excluding hydrogens is 344 g/mol. The molecule has 1 aliphatic heterocycles. The Balaban J connectivity index is 1.66. The normalized spacial score (nSPS) is 16.2. The lowest BCUT2D eigenvalue weighted by molar-refractivity contribution is 0.106. The summed E-state index contributed by atoms with van der Waals surface area (Å²) < 4.78 is 14.9. The molecule has 0 aliphatic carbocycles. The van der Waals surface area contributed by atoms with Crippen LogP contribution in [0.2, 0.25) is 0 Å². The molecule has 4 rings (SSSR count). The van der Waals surface area contributed by atoms with Crippen LogP contribution >= 0.6 is 0 Å². The number of nitrogens with zero attached hydrogens (tertiary/aromatic N) is 6. The average Bonchev–Trinajstić information content (AvgIpc) is 3.29. The van der Waals surface area contributed by atoms with Gasteiger partial charge < -0.3 is 14.4 Å². The third-order valence-corrected chi connectivity index (χ3v) is 5.08. The Bertz CT molecular complexity index is 912. The minimum atomic E-state index is 0.220. The highest BCUT2D eigenvalue weighted by Crippen LogP contribution is 2.28. The molecular formula is C19H26N6O2. The van der Waals surface area contributed by atoms with Gasteiger partial charge in [0.05, 0.1) is 36.9 Å². The van der Waals surface area contributed by atoms with Gasteiger partial charge in [0.25, 0.3) is 0 Å². The Morgan fingerprint density at radius 3 is 2.89 bits per heavy atom. The second-order valence-corrected chi connectivity index (χ2v) is 6.92. The Labute approximate surface area is 158 Å². The van der Waals surface area contributed by atoms with Gasteiger partial charge in [-0.15, -0.1) is 0 Å². The summed E-state index contributed by atoms with van der Waals surface area (Å²) in [6, 6.07) is 0. The second kappa shape index (κ2) is 7.66. The predicted molar refractivity (Wildman–Crippen MR) is 103 cm³/mol. The molecule has 8 nitrogen and oxygen atoms in total. The maximum atomic E-state index is 5.47. The molecule has 0 spiro atoms. The minimum Gasteiger partial charge on any atom is -0.382 e. The number of fused-ring (bicyclic) bond motifs is 1. The predicted octanol–water partition coefficient (Wildman–Crippen LogP) is 2.16. The van der Waals surface area contributed by atoms with Crippen molar-refractivity contribution in [2.45, 2.75) is 32.9 Å². The van der Waals surface area contributed by atoms with E-state index in [1.807, 2.05) is 30.2 Å². The number of morpholine rings is 1. The van der Waals surface area contributed by atoms with E-state index in [0.29, 0.717) is 0 Å². The summed E-state index contributed by atoms with van der Waals surface area (Å²) in [5, 5.41) is 4.52. The van der Waals surface area contributed by atoms with Gasteiger partial charge in [0.1, 0.15) is 0 Å². The van der Waals surface area contributed by atoms with Crippen LogP contribution in [0.4, 0.5) is 5.82 Å². The van der Waals surface area contributed by atoms with Gasteiger partial charge in [-0.1, -0.05) is 0 Å². The Morgan fingerprint density at radius 1 is 1.30 bits per heavy atom. The Kier molecular flexibility index (Phi) is 5.09. The monoisotopic (exact) mass is 370 g/mol. The fourth-order valence-corrected chi connectivity index (χ4v) is 3.46. The summed E-state index contributed by atoms with van der Waals surface area (Å²) in [7, 11) is 1.74. The molecule has 1 atom stereocenters. The summed E-state index contributed by atoms with van der Waals surface area (Å²) in [6.07, 6.45) is 8.94. The van der Waals surface area contributed by atoms with E-state index in [2.05, 4.69) is 32.5 Å². The van der Waals surface area contributed by atoms with Gasteiger partial charge in [-0.3, -0.25) is 9.08 Å². The van der Waals surface area contributed by atoms with Crippen LogP contribution in [0.25, 0.3) is 16.9 Å². The lowest BCUT2D eigenvalue weighted by Crippen LogP contribution is -2.37. The van der Waals surface area contributed by atoms with Crippen LogP contribution in [-0.2, 0) is 16.0 Å². The molecule has 0 amide bonds. The lowest BCUT2D eigenvalue weighted by Gasteiger charge is -2.27. The standard InChI is InChI=1S/C19H26N6O2/c1-14(26-3)4-6-24-13-16(12-21-24)17-15(2)22-19-18(20-5-7-25(17)19)23-8-10-27-11-9-23/h5,7,12-14H,4,6,8-11H2,1-3H3. The highest BCUT2D eigenvalue weighted by Gasteiger charge is 2.20. The van der Waals surface area contributed by atoms with E-state index >= 15 is 0 Å². The number of aromatic nitrogens is 5. The molecule has 1 fully saturated rings. The van der Waals surface area contributed by atoms with E-state index in [0.717, 1.165) is 67.7 Å². The van der Waals surface area contributed by atoms with E-state index < -0.39 is 0 Å². The molecule has 4 heterocycles. The quantitative estimate of drug-likeness (QED) is 0.662. The summed E-state index contributed by atoms with van der Waals surface area (Å²) in [6.45, 7) is 8.05. The topological polar surface area (TPSA) is 69.7 Å². The molecule has 0 bridgehead atoms. The van der Waals surface area contributed by atoms with Crippen molar-refractivity contribution in [3.8, 4) is 11.3 Å². The largest absolute Gasteiger partial charge is 0.382 e. The Morgan fingerprint density at radius 2 is 2.11 bits per heavy atom. The first-order valence-corrected chi connectivity index (χ1v) is 9.39. The molecule has 3 aromatic heterocycles. The summed E-state index contributed by atoms with van der Waals surface area (Å²) in [5.74, 6) is 0.913. The van der Waals surface area contributed by atoms with Crippen molar-refractivity contribution in [3.05, 3.63) is 30.5 Å². The van der Waals surface area contributed by atoms with Crippen LogP contribution in [0.5, 0.6) is 0 Å². The fraction of sp³-hybridized carbons (Fsp3) is 0.526. The molecule has 0 radical (unpaired) electrons. The number of anilines is 1. The van der Waals surface area contributed by atoms with E-state index in [4.69, 9.17) is 14.5 Å². The average molecular weight is 370 g/mol. The number of aryl methyl sites for hydroxylation is 2. The molecule has 144 valence electrons. The third kappa shape index (κ3) is 3.54. The van der Waals surface area contributed by atoms with Gasteiger partial charge in [0.2, 0.25) is 0 Å².